The molecule has 0 atom stereocenters. The van der Waals surface area contributed by atoms with E-state index in [1.54, 1.807) is 25.3 Å². The van der Waals surface area contributed by atoms with Crippen molar-refractivity contribution in [2.24, 2.45) is 0 Å². The Labute approximate surface area is 192 Å². The summed E-state index contributed by atoms with van der Waals surface area (Å²) in [5.74, 6) is -0.531. The van der Waals surface area contributed by atoms with E-state index < -0.39 is 5.91 Å². The Morgan fingerprint density at radius 1 is 1.22 bits per heavy atom. The molecule has 0 bridgehead atoms. The van der Waals surface area contributed by atoms with Gasteiger partial charge >= 0.3 is 0 Å². The van der Waals surface area contributed by atoms with Crippen LogP contribution >= 0.6 is 23.1 Å². The lowest BCUT2D eigenvalue weighted by Crippen LogP contribution is -2.41. The zero-order chi connectivity index (χ0) is 23.3. The summed E-state index contributed by atoms with van der Waals surface area (Å²) in [5, 5.41) is 18.0. The number of hydrogen-bond donors (Lipinski definition) is 2. The number of aromatic nitrogens is 4. The fourth-order valence-electron chi connectivity index (χ4n) is 2.56. The molecule has 0 aliphatic heterocycles. The van der Waals surface area contributed by atoms with Crippen LogP contribution in [-0.4, -0.2) is 49.7 Å². The number of thioether (sulfide) groups is 1. The highest BCUT2D eigenvalue weighted by atomic mass is 32.2. The molecule has 3 aromatic rings. The minimum Gasteiger partial charge on any atom is -0.490 e. The quantitative estimate of drug-likeness (QED) is 0.376. The van der Waals surface area contributed by atoms with E-state index in [0.717, 1.165) is 11.3 Å². The van der Waals surface area contributed by atoms with Crippen LogP contribution in [0.3, 0.4) is 0 Å². The smallest absolute Gasteiger partial charge is 0.281 e. The number of hydrogen-bond acceptors (Lipinski definition) is 8. The molecule has 2 N–H and O–H groups in total. The number of halogens is 1. The van der Waals surface area contributed by atoms with Crippen molar-refractivity contribution in [2.45, 2.75) is 37.6 Å². The molecule has 0 spiro atoms. The Hall–Kier alpha value is -2.99. The zero-order valence-electron chi connectivity index (χ0n) is 18.0. The minimum atomic E-state index is -0.521. The highest BCUT2D eigenvalue weighted by molar-refractivity contribution is 8.01. The molecule has 3 rings (SSSR count). The molecule has 0 unspecified atom stereocenters. The first-order valence-corrected chi connectivity index (χ1v) is 11.5. The highest BCUT2D eigenvalue weighted by Gasteiger charge is 2.21. The fourth-order valence-corrected chi connectivity index (χ4v) is 4.11. The molecular weight excluding hydrogens is 455 g/mol. The summed E-state index contributed by atoms with van der Waals surface area (Å²) in [4.78, 5) is 24.7. The molecule has 0 fully saturated rings. The number of amides is 2. The first-order valence-electron chi connectivity index (χ1n) is 9.71. The second kappa shape index (κ2) is 10.1. The van der Waals surface area contributed by atoms with E-state index in [-0.39, 0.29) is 39.6 Å². The van der Waals surface area contributed by atoms with Crippen molar-refractivity contribution in [3.8, 4) is 11.4 Å². The van der Waals surface area contributed by atoms with E-state index in [0.29, 0.717) is 16.6 Å². The first-order chi connectivity index (χ1) is 15.1. The molecule has 170 valence electrons. The van der Waals surface area contributed by atoms with Gasteiger partial charge in [-0.2, -0.15) is 5.10 Å². The van der Waals surface area contributed by atoms with Gasteiger partial charge in [-0.15, -0.1) is 10.2 Å². The van der Waals surface area contributed by atoms with Crippen LogP contribution in [0.25, 0.3) is 5.69 Å². The maximum atomic E-state index is 13.2. The van der Waals surface area contributed by atoms with Gasteiger partial charge in [-0.1, -0.05) is 23.1 Å². The number of nitrogens with zero attached hydrogens (tertiary/aromatic N) is 4. The van der Waals surface area contributed by atoms with Gasteiger partial charge in [0, 0.05) is 5.54 Å². The lowest BCUT2D eigenvalue weighted by atomic mass is 10.1. The normalized spacial score (nSPS) is 11.3. The Morgan fingerprint density at radius 3 is 2.59 bits per heavy atom. The van der Waals surface area contributed by atoms with Crippen LogP contribution in [0.4, 0.5) is 9.52 Å². The number of carbonyl (C=O) groups is 2. The van der Waals surface area contributed by atoms with Crippen LogP contribution in [0.5, 0.6) is 5.75 Å². The van der Waals surface area contributed by atoms with Gasteiger partial charge in [0.25, 0.3) is 5.91 Å². The molecule has 32 heavy (non-hydrogen) atoms. The third-order valence-corrected chi connectivity index (χ3v) is 5.73. The first kappa shape index (κ1) is 23.7. The van der Waals surface area contributed by atoms with Gasteiger partial charge in [-0.05, 0) is 52.0 Å². The molecule has 0 radical (unpaired) electrons. The maximum absolute atomic E-state index is 13.2. The second-order valence-corrected chi connectivity index (χ2v) is 9.81. The third kappa shape index (κ3) is 6.50. The van der Waals surface area contributed by atoms with E-state index in [4.69, 9.17) is 4.74 Å². The molecule has 0 aliphatic carbocycles. The predicted molar refractivity (Wildman–Crippen MR) is 121 cm³/mol. The summed E-state index contributed by atoms with van der Waals surface area (Å²) >= 11 is 2.38. The summed E-state index contributed by atoms with van der Waals surface area (Å²) in [6, 6.07) is 5.70. The lowest BCUT2D eigenvalue weighted by molar-refractivity contribution is -0.119. The van der Waals surface area contributed by atoms with E-state index >= 15 is 0 Å². The van der Waals surface area contributed by atoms with Crippen LogP contribution in [0, 0.1) is 5.82 Å². The molecular formula is C20H23FN6O3S2. The van der Waals surface area contributed by atoms with E-state index in [2.05, 4.69) is 25.9 Å². The van der Waals surface area contributed by atoms with Crippen LogP contribution in [0.1, 0.15) is 38.2 Å². The van der Waals surface area contributed by atoms with Gasteiger partial charge in [0.05, 0.1) is 24.2 Å². The number of benzene rings is 1. The Morgan fingerprint density at radius 2 is 1.94 bits per heavy atom. The number of nitrogens with one attached hydrogen (secondary N) is 2. The molecule has 2 heterocycles. The van der Waals surface area contributed by atoms with Crippen LogP contribution < -0.4 is 15.4 Å². The Kier molecular flexibility index (Phi) is 7.46. The summed E-state index contributed by atoms with van der Waals surface area (Å²) < 4.78 is 20.7. The SMILES string of the molecule is CCOc1cn(-c2ccc(F)cc2)nc1C(=O)Nc1nnc(SCC(=O)NC(C)(C)C)s1. The predicted octanol–water partition coefficient (Wildman–Crippen LogP) is 3.52. The van der Waals surface area contributed by atoms with Crippen molar-refractivity contribution in [2.75, 3.05) is 17.7 Å². The Balaban J connectivity index is 1.68. The summed E-state index contributed by atoms with van der Waals surface area (Å²) in [6.07, 6.45) is 1.56. The molecule has 12 heteroatoms. The van der Waals surface area contributed by atoms with Gasteiger partial charge in [-0.25, -0.2) is 9.07 Å². The average molecular weight is 479 g/mol. The number of carbonyl (C=O) groups excluding carboxylic acids is 2. The van der Waals surface area contributed by atoms with Crippen molar-refractivity contribution in [1.29, 1.82) is 0 Å². The van der Waals surface area contributed by atoms with Crippen molar-refractivity contribution >= 4 is 40.0 Å². The van der Waals surface area contributed by atoms with Crippen LogP contribution in [0.2, 0.25) is 0 Å². The number of anilines is 1. The summed E-state index contributed by atoms with van der Waals surface area (Å²) in [6.45, 7) is 7.85. The molecule has 0 aliphatic rings. The monoisotopic (exact) mass is 478 g/mol. The van der Waals surface area contributed by atoms with Gasteiger partial charge < -0.3 is 10.1 Å². The minimum absolute atomic E-state index is 0.0603. The van der Waals surface area contributed by atoms with Crippen molar-refractivity contribution in [3.63, 3.8) is 0 Å². The van der Waals surface area contributed by atoms with Crippen molar-refractivity contribution in [3.05, 3.63) is 42.0 Å². The largest absolute Gasteiger partial charge is 0.490 e. The van der Waals surface area contributed by atoms with Crippen molar-refractivity contribution in [1.82, 2.24) is 25.3 Å². The third-order valence-electron chi connectivity index (χ3n) is 3.75. The fraction of sp³-hybridized carbons (Fsp3) is 0.350. The highest BCUT2D eigenvalue weighted by Crippen LogP contribution is 2.27. The van der Waals surface area contributed by atoms with E-state index in [9.17, 15) is 14.0 Å². The topological polar surface area (TPSA) is 111 Å². The van der Waals surface area contributed by atoms with Crippen LogP contribution in [0.15, 0.2) is 34.8 Å². The van der Waals surface area contributed by atoms with Gasteiger partial charge in [0.2, 0.25) is 11.0 Å². The zero-order valence-corrected chi connectivity index (χ0v) is 19.6. The number of ether oxygens (including phenoxy) is 1. The second-order valence-electron chi connectivity index (χ2n) is 7.61. The van der Waals surface area contributed by atoms with Gasteiger partial charge in [0.1, 0.15) is 5.82 Å². The molecule has 0 saturated carbocycles. The van der Waals surface area contributed by atoms with Gasteiger partial charge in [-0.3, -0.25) is 14.9 Å². The molecule has 2 amide bonds. The molecule has 1 aromatic carbocycles. The van der Waals surface area contributed by atoms with Crippen LogP contribution in [-0.2, 0) is 4.79 Å². The van der Waals surface area contributed by atoms with Crippen molar-refractivity contribution < 1.29 is 18.7 Å². The number of rotatable bonds is 8. The standard InChI is InChI=1S/C20H23FN6O3S2/c1-5-30-14-10-27(13-8-6-12(21)7-9-13)26-16(14)17(29)22-18-24-25-19(32-18)31-11-15(28)23-20(2,3)4/h6-10H,5,11H2,1-4H3,(H,23,28)(H,22,24,29). The van der Waals surface area contributed by atoms with E-state index in [1.165, 1.54) is 28.6 Å². The summed E-state index contributed by atoms with van der Waals surface area (Å²) in [5.41, 5.74) is 0.327. The summed E-state index contributed by atoms with van der Waals surface area (Å²) in [7, 11) is 0. The van der Waals surface area contributed by atoms with Gasteiger partial charge in [0.15, 0.2) is 15.8 Å². The van der Waals surface area contributed by atoms with E-state index in [1.807, 2.05) is 20.8 Å². The Bertz CT molecular complexity index is 1090. The lowest BCUT2D eigenvalue weighted by Gasteiger charge is -2.19. The average Bonchev–Trinajstić information content (AvgIpc) is 3.33. The molecule has 0 saturated heterocycles. The molecule has 2 aromatic heterocycles. The molecule has 9 nitrogen and oxygen atoms in total. The maximum Gasteiger partial charge on any atom is 0.281 e.